The number of hydrogen-bond donors (Lipinski definition) is 0. The molecule has 0 atom stereocenters. The summed E-state index contributed by atoms with van der Waals surface area (Å²) in [6, 6.07) is 11.1. The molecule has 0 bridgehead atoms. The Hall–Kier alpha value is -3.45. The first kappa shape index (κ1) is 17.9. The number of fused-ring (bicyclic) bond motifs is 1. The first-order valence-electron chi connectivity index (χ1n) is 8.17. The lowest BCUT2D eigenvalue weighted by Crippen LogP contribution is -2.10. The van der Waals surface area contributed by atoms with Crippen LogP contribution in [0.2, 0.25) is 5.02 Å². The number of furan rings is 2. The summed E-state index contributed by atoms with van der Waals surface area (Å²) < 4.78 is 26.9. The van der Waals surface area contributed by atoms with E-state index >= 15 is 0 Å². The second-order valence-electron chi connectivity index (χ2n) is 5.75. The normalized spacial score (nSPS) is 10.9. The van der Waals surface area contributed by atoms with Crippen molar-refractivity contribution in [2.75, 3.05) is 7.11 Å². The van der Waals surface area contributed by atoms with E-state index < -0.39 is 11.4 Å². The van der Waals surface area contributed by atoms with Crippen LogP contribution in [0, 0.1) is 0 Å². The number of carbonyl (C=O) groups excluding carboxylic acids is 1. The average Bonchev–Trinajstić information content (AvgIpc) is 3.39. The van der Waals surface area contributed by atoms with Gasteiger partial charge < -0.3 is 22.7 Å². The van der Waals surface area contributed by atoms with Crippen molar-refractivity contribution in [2.24, 2.45) is 0 Å². The maximum absolute atomic E-state index is 13.0. The van der Waals surface area contributed by atoms with Crippen LogP contribution in [-0.4, -0.2) is 13.1 Å². The van der Waals surface area contributed by atoms with Crippen molar-refractivity contribution >= 4 is 28.5 Å². The van der Waals surface area contributed by atoms with Gasteiger partial charge in [0.2, 0.25) is 22.7 Å². The minimum absolute atomic E-state index is 0.0321. The van der Waals surface area contributed by atoms with Crippen molar-refractivity contribution < 1.29 is 27.5 Å². The Labute approximate surface area is 163 Å². The molecule has 0 radical (unpaired) electrons. The van der Waals surface area contributed by atoms with E-state index in [9.17, 15) is 9.59 Å². The highest BCUT2D eigenvalue weighted by atomic mass is 35.5. The number of rotatable bonds is 5. The van der Waals surface area contributed by atoms with Gasteiger partial charge in [0.1, 0.15) is 18.0 Å². The topological polar surface area (TPSA) is 92.0 Å². The Kier molecular flexibility index (Phi) is 4.67. The van der Waals surface area contributed by atoms with Gasteiger partial charge in [0.05, 0.1) is 18.8 Å². The Balaban J connectivity index is 1.75. The first-order valence-corrected chi connectivity index (χ1v) is 8.54. The fourth-order valence-electron chi connectivity index (χ4n) is 2.66. The van der Waals surface area contributed by atoms with Crippen molar-refractivity contribution in [1.29, 1.82) is 0 Å². The number of halogens is 1. The summed E-state index contributed by atoms with van der Waals surface area (Å²) >= 11 is 6.00. The SMILES string of the molecule is COC(=O)c1ccc(COc2c(-c3ccco3)oc3ccc(Cl)cc3c2=O)o1. The second kappa shape index (κ2) is 7.28. The lowest BCUT2D eigenvalue weighted by Gasteiger charge is -2.09. The third kappa shape index (κ3) is 3.27. The number of carbonyl (C=O) groups is 1. The fraction of sp³-hybridized carbons (Fsp3) is 0.100. The van der Waals surface area contributed by atoms with E-state index in [1.165, 1.54) is 25.5 Å². The van der Waals surface area contributed by atoms with Crippen LogP contribution in [0.15, 0.2) is 66.8 Å². The molecule has 4 aromatic rings. The third-order valence-electron chi connectivity index (χ3n) is 3.96. The summed E-state index contributed by atoms with van der Waals surface area (Å²) in [6.07, 6.45) is 1.46. The van der Waals surface area contributed by atoms with Gasteiger partial charge >= 0.3 is 5.97 Å². The number of benzene rings is 1. The number of ether oxygens (including phenoxy) is 2. The monoisotopic (exact) mass is 400 g/mol. The van der Waals surface area contributed by atoms with Gasteiger partial charge in [-0.15, -0.1) is 0 Å². The molecule has 4 rings (SSSR count). The van der Waals surface area contributed by atoms with Crippen LogP contribution in [0.1, 0.15) is 16.3 Å². The second-order valence-corrected chi connectivity index (χ2v) is 6.19. The molecule has 0 aliphatic carbocycles. The number of methoxy groups -OCH3 is 1. The molecule has 28 heavy (non-hydrogen) atoms. The molecular formula is C20H13ClO7. The molecule has 1 aromatic carbocycles. The molecule has 0 unspecified atom stereocenters. The van der Waals surface area contributed by atoms with Gasteiger partial charge in [-0.3, -0.25) is 4.79 Å². The largest absolute Gasteiger partial charge is 0.478 e. The molecule has 3 heterocycles. The van der Waals surface area contributed by atoms with Gasteiger partial charge in [0.25, 0.3) is 0 Å². The van der Waals surface area contributed by atoms with Gasteiger partial charge in [0.15, 0.2) is 5.76 Å². The molecule has 0 spiro atoms. The van der Waals surface area contributed by atoms with E-state index in [1.807, 2.05) is 0 Å². The quantitative estimate of drug-likeness (QED) is 0.449. The van der Waals surface area contributed by atoms with Crippen LogP contribution in [0.5, 0.6) is 5.75 Å². The number of hydrogen-bond acceptors (Lipinski definition) is 7. The molecule has 0 aliphatic rings. The van der Waals surface area contributed by atoms with Gasteiger partial charge in [-0.1, -0.05) is 11.6 Å². The Morgan fingerprint density at radius 2 is 2.00 bits per heavy atom. The van der Waals surface area contributed by atoms with Crippen LogP contribution < -0.4 is 10.2 Å². The third-order valence-corrected chi connectivity index (χ3v) is 4.20. The van der Waals surface area contributed by atoms with E-state index in [0.717, 1.165) is 0 Å². The van der Waals surface area contributed by atoms with E-state index in [1.54, 1.807) is 30.3 Å². The highest BCUT2D eigenvalue weighted by Crippen LogP contribution is 2.32. The molecule has 0 fully saturated rings. The van der Waals surface area contributed by atoms with Crippen LogP contribution >= 0.6 is 11.6 Å². The lowest BCUT2D eigenvalue weighted by atomic mass is 10.2. The van der Waals surface area contributed by atoms with Crippen LogP contribution in [0.25, 0.3) is 22.5 Å². The van der Waals surface area contributed by atoms with E-state index in [0.29, 0.717) is 22.1 Å². The highest BCUT2D eigenvalue weighted by molar-refractivity contribution is 6.31. The van der Waals surface area contributed by atoms with Gasteiger partial charge in [-0.25, -0.2) is 4.79 Å². The summed E-state index contributed by atoms with van der Waals surface area (Å²) in [5.74, 6) is 0.174. The molecule has 0 amide bonds. The Bertz CT molecular complexity index is 1200. The first-order chi connectivity index (χ1) is 13.6. The standard InChI is InChI=1S/C20H13ClO7/c1-24-20(23)16-7-5-12(27-16)10-26-19-17(22)13-9-11(21)4-6-14(13)28-18(19)15-3-2-8-25-15/h2-9H,10H2,1H3. The average molecular weight is 401 g/mol. The lowest BCUT2D eigenvalue weighted by molar-refractivity contribution is 0.0561. The number of esters is 1. The zero-order valence-corrected chi connectivity index (χ0v) is 15.3. The zero-order chi connectivity index (χ0) is 19.7. The van der Waals surface area contributed by atoms with Crippen molar-refractivity contribution in [3.8, 4) is 17.3 Å². The van der Waals surface area contributed by atoms with Gasteiger partial charge in [0, 0.05) is 5.02 Å². The zero-order valence-electron chi connectivity index (χ0n) is 14.6. The minimum atomic E-state index is -0.609. The smallest absolute Gasteiger partial charge is 0.373 e. The van der Waals surface area contributed by atoms with Gasteiger partial charge in [-0.05, 0) is 42.5 Å². The summed E-state index contributed by atoms with van der Waals surface area (Å²) in [5, 5.41) is 0.665. The van der Waals surface area contributed by atoms with Gasteiger partial charge in [-0.2, -0.15) is 0 Å². The molecule has 142 valence electrons. The molecule has 0 N–H and O–H groups in total. The minimum Gasteiger partial charge on any atom is -0.478 e. The molecule has 0 saturated heterocycles. The summed E-state index contributed by atoms with van der Waals surface area (Å²) in [5.41, 5.74) is -0.0611. The van der Waals surface area contributed by atoms with Crippen molar-refractivity contribution in [3.63, 3.8) is 0 Å². The van der Waals surface area contributed by atoms with Crippen LogP contribution in [0.4, 0.5) is 0 Å². The Morgan fingerprint density at radius 3 is 2.75 bits per heavy atom. The maximum Gasteiger partial charge on any atom is 0.373 e. The predicted molar refractivity (Wildman–Crippen MR) is 99.6 cm³/mol. The molecule has 3 aromatic heterocycles. The molecular weight excluding hydrogens is 388 g/mol. The molecule has 0 aliphatic heterocycles. The molecule has 8 heteroatoms. The van der Waals surface area contributed by atoms with E-state index in [2.05, 4.69) is 4.74 Å². The molecule has 7 nitrogen and oxygen atoms in total. The summed E-state index contributed by atoms with van der Waals surface area (Å²) in [4.78, 5) is 24.5. The Morgan fingerprint density at radius 1 is 1.14 bits per heavy atom. The molecule has 0 saturated carbocycles. The summed E-state index contributed by atoms with van der Waals surface area (Å²) in [6.45, 7) is -0.110. The maximum atomic E-state index is 13.0. The fourth-order valence-corrected chi connectivity index (χ4v) is 2.83. The van der Waals surface area contributed by atoms with E-state index in [-0.39, 0.29) is 29.3 Å². The predicted octanol–water partition coefficient (Wildman–Crippen LogP) is 4.67. The highest BCUT2D eigenvalue weighted by Gasteiger charge is 2.21. The van der Waals surface area contributed by atoms with Crippen molar-refractivity contribution in [1.82, 2.24) is 0 Å². The van der Waals surface area contributed by atoms with Crippen molar-refractivity contribution in [2.45, 2.75) is 6.61 Å². The van der Waals surface area contributed by atoms with E-state index in [4.69, 9.17) is 29.6 Å². The van der Waals surface area contributed by atoms with Crippen LogP contribution in [0.3, 0.4) is 0 Å². The van der Waals surface area contributed by atoms with Crippen LogP contribution in [-0.2, 0) is 11.3 Å². The van der Waals surface area contributed by atoms with Crippen molar-refractivity contribution in [3.05, 3.63) is 75.5 Å². The summed E-state index contributed by atoms with van der Waals surface area (Å²) in [7, 11) is 1.25.